The van der Waals surface area contributed by atoms with E-state index < -0.39 is 17.8 Å². The van der Waals surface area contributed by atoms with E-state index in [1.54, 1.807) is 0 Å². The lowest BCUT2D eigenvalue weighted by atomic mass is 10.3. The van der Waals surface area contributed by atoms with Crippen LogP contribution in [0, 0.1) is 0 Å². The van der Waals surface area contributed by atoms with E-state index in [1.807, 2.05) is 0 Å². The molecule has 1 aromatic rings. The molecule has 20 heavy (non-hydrogen) atoms. The van der Waals surface area contributed by atoms with Gasteiger partial charge in [-0.15, -0.1) is 0 Å². The number of nitrogens with zero attached hydrogens (tertiary/aromatic N) is 2. The highest BCUT2D eigenvalue weighted by molar-refractivity contribution is 5.74. The summed E-state index contributed by atoms with van der Waals surface area (Å²) in [4.78, 5) is 17.5. The smallest absolute Gasteiger partial charge is 0.370 e. The number of primary amides is 1. The van der Waals surface area contributed by atoms with Gasteiger partial charge in [0.2, 0.25) is 11.9 Å². The number of carbonyl (C=O) groups is 1. The Balaban J connectivity index is 2.63. The number of hydrogen-bond donors (Lipinski definition) is 3. The minimum Gasteiger partial charge on any atom is -0.370 e. The molecule has 0 spiro atoms. The van der Waals surface area contributed by atoms with E-state index >= 15 is 0 Å². The molecule has 0 saturated heterocycles. The minimum absolute atomic E-state index is 0.000602. The molecule has 0 unspecified atom stereocenters. The fourth-order valence-electron chi connectivity index (χ4n) is 1.22. The van der Waals surface area contributed by atoms with Gasteiger partial charge in [-0.05, 0) is 0 Å². The number of ether oxygens (including phenoxy) is 1. The van der Waals surface area contributed by atoms with Gasteiger partial charge < -0.3 is 21.1 Å². The topological polar surface area (TPSA) is 102 Å². The second-order valence-corrected chi connectivity index (χ2v) is 3.66. The van der Waals surface area contributed by atoms with Crippen LogP contribution in [-0.2, 0) is 15.7 Å². The van der Waals surface area contributed by atoms with Gasteiger partial charge in [-0.1, -0.05) is 0 Å². The van der Waals surface area contributed by atoms with Crippen LogP contribution in [0.15, 0.2) is 6.07 Å². The SMILES string of the molecule is CNc1nc(NCCOCC(N)=O)cc(C(F)(F)F)n1. The van der Waals surface area contributed by atoms with Gasteiger partial charge in [-0.2, -0.15) is 18.2 Å². The number of alkyl halides is 3. The standard InChI is InChI=1S/C10H14F3N5O2/c1-15-9-17-6(10(11,12)13)4-8(18-9)16-2-3-20-5-7(14)19/h4H,2-3,5H2,1H3,(H2,14,19)(H2,15,16,17,18). The normalized spacial score (nSPS) is 11.2. The van der Waals surface area contributed by atoms with Crippen LogP contribution in [0.2, 0.25) is 0 Å². The van der Waals surface area contributed by atoms with E-state index in [-0.39, 0.29) is 31.5 Å². The average Bonchev–Trinajstić information content (AvgIpc) is 2.36. The molecule has 4 N–H and O–H groups in total. The number of halogens is 3. The highest BCUT2D eigenvalue weighted by Crippen LogP contribution is 2.29. The molecule has 0 fully saturated rings. The lowest BCUT2D eigenvalue weighted by Gasteiger charge is -2.11. The summed E-state index contributed by atoms with van der Waals surface area (Å²) in [6.45, 7) is 0.0228. The van der Waals surface area contributed by atoms with Crippen molar-refractivity contribution in [2.45, 2.75) is 6.18 Å². The van der Waals surface area contributed by atoms with Crippen LogP contribution in [-0.4, -0.2) is 42.7 Å². The molecule has 0 aromatic carbocycles. The number of nitrogens with two attached hydrogens (primary N) is 1. The first-order valence-electron chi connectivity index (χ1n) is 5.57. The highest BCUT2D eigenvalue weighted by Gasteiger charge is 2.33. The number of hydrogen-bond acceptors (Lipinski definition) is 6. The molecule has 1 heterocycles. The summed E-state index contributed by atoms with van der Waals surface area (Å²) in [5.74, 6) is -0.774. The quantitative estimate of drug-likeness (QED) is 0.631. The number of amides is 1. The maximum atomic E-state index is 12.6. The third-order valence-corrected chi connectivity index (χ3v) is 2.04. The monoisotopic (exact) mass is 293 g/mol. The maximum absolute atomic E-state index is 12.6. The largest absolute Gasteiger partial charge is 0.433 e. The molecule has 0 saturated carbocycles. The van der Waals surface area contributed by atoms with Crippen LogP contribution in [0.1, 0.15) is 5.69 Å². The van der Waals surface area contributed by atoms with Crippen molar-refractivity contribution in [1.82, 2.24) is 9.97 Å². The van der Waals surface area contributed by atoms with Gasteiger partial charge in [0, 0.05) is 19.7 Å². The van der Waals surface area contributed by atoms with Crippen molar-refractivity contribution < 1.29 is 22.7 Å². The van der Waals surface area contributed by atoms with Gasteiger partial charge in [0.25, 0.3) is 0 Å². The Morgan fingerprint density at radius 3 is 2.70 bits per heavy atom. The number of aromatic nitrogens is 2. The zero-order chi connectivity index (χ0) is 15.2. The fraction of sp³-hybridized carbons (Fsp3) is 0.500. The van der Waals surface area contributed by atoms with E-state index in [4.69, 9.17) is 10.5 Å². The number of rotatable bonds is 7. The first kappa shape index (κ1) is 16.0. The van der Waals surface area contributed by atoms with E-state index in [1.165, 1.54) is 7.05 Å². The van der Waals surface area contributed by atoms with E-state index in [0.717, 1.165) is 6.07 Å². The Bertz CT molecular complexity index is 467. The Morgan fingerprint density at radius 1 is 1.45 bits per heavy atom. The van der Waals surface area contributed by atoms with Crippen molar-refractivity contribution >= 4 is 17.7 Å². The molecule has 112 valence electrons. The number of nitrogens with one attached hydrogen (secondary N) is 2. The predicted molar refractivity (Wildman–Crippen MR) is 65.1 cm³/mol. The molecule has 1 rings (SSSR count). The molecule has 0 aliphatic carbocycles. The molecular weight excluding hydrogens is 279 g/mol. The van der Waals surface area contributed by atoms with Gasteiger partial charge in [-0.3, -0.25) is 4.79 Å². The molecule has 0 aliphatic rings. The first-order valence-corrected chi connectivity index (χ1v) is 5.57. The summed E-state index contributed by atoms with van der Waals surface area (Å²) in [5.41, 5.74) is 3.80. The molecule has 0 radical (unpaired) electrons. The highest BCUT2D eigenvalue weighted by atomic mass is 19.4. The minimum atomic E-state index is -4.56. The molecule has 1 amide bonds. The molecule has 10 heteroatoms. The van der Waals surface area contributed by atoms with Crippen molar-refractivity contribution in [2.75, 3.05) is 37.4 Å². The zero-order valence-electron chi connectivity index (χ0n) is 10.6. The van der Waals surface area contributed by atoms with Crippen molar-refractivity contribution in [3.05, 3.63) is 11.8 Å². The molecule has 0 bridgehead atoms. The van der Waals surface area contributed by atoms with Crippen LogP contribution in [0.25, 0.3) is 0 Å². The van der Waals surface area contributed by atoms with Gasteiger partial charge in [-0.25, -0.2) is 4.98 Å². The van der Waals surface area contributed by atoms with Gasteiger partial charge in [0.05, 0.1) is 6.61 Å². The lowest BCUT2D eigenvalue weighted by Crippen LogP contribution is -2.21. The summed E-state index contributed by atoms with van der Waals surface area (Å²) in [6, 6.07) is 0.787. The zero-order valence-corrected chi connectivity index (χ0v) is 10.6. The summed E-state index contributed by atoms with van der Waals surface area (Å²) in [6.07, 6.45) is -4.56. The van der Waals surface area contributed by atoms with Crippen LogP contribution in [0.3, 0.4) is 0 Å². The lowest BCUT2D eigenvalue weighted by molar-refractivity contribution is -0.141. The second kappa shape index (κ2) is 6.89. The molecule has 7 nitrogen and oxygen atoms in total. The van der Waals surface area contributed by atoms with Crippen LogP contribution >= 0.6 is 0 Å². The van der Waals surface area contributed by atoms with Crippen LogP contribution < -0.4 is 16.4 Å². The second-order valence-electron chi connectivity index (χ2n) is 3.66. The molecule has 0 atom stereocenters. The molecule has 0 aliphatic heterocycles. The predicted octanol–water partition coefficient (Wildman–Crippen LogP) is 0.451. The Kier molecular flexibility index (Phi) is 5.50. The molecular formula is C10H14F3N5O2. The molecule has 1 aromatic heterocycles. The van der Waals surface area contributed by atoms with Crippen molar-refractivity contribution in [3.8, 4) is 0 Å². The van der Waals surface area contributed by atoms with Crippen molar-refractivity contribution in [1.29, 1.82) is 0 Å². The first-order chi connectivity index (χ1) is 9.32. The summed E-state index contributed by atoms with van der Waals surface area (Å²) < 4.78 is 42.6. The van der Waals surface area contributed by atoms with Crippen LogP contribution in [0.4, 0.5) is 24.9 Å². The summed E-state index contributed by atoms with van der Waals surface area (Å²) in [7, 11) is 1.41. The van der Waals surface area contributed by atoms with Gasteiger partial charge >= 0.3 is 6.18 Å². The van der Waals surface area contributed by atoms with Crippen molar-refractivity contribution in [2.24, 2.45) is 5.73 Å². The Labute approximate surface area is 112 Å². The van der Waals surface area contributed by atoms with E-state index in [9.17, 15) is 18.0 Å². The fourth-order valence-corrected chi connectivity index (χ4v) is 1.22. The Morgan fingerprint density at radius 2 is 2.15 bits per heavy atom. The van der Waals surface area contributed by atoms with Gasteiger partial charge in [0.1, 0.15) is 12.4 Å². The third kappa shape index (κ3) is 5.26. The summed E-state index contributed by atoms with van der Waals surface area (Å²) >= 11 is 0. The number of carbonyl (C=O) groups excluding carboxylic acids is 1. The summed E-state index contributed by atoms with van der Waals surface area (Å²) in [5, 5.41) is 5.08. The number of anilines is 2. The maximum Gasteiger partial charge on any atom is 0.433 e. The van der Waals surface area contributed by atoms with Crippen molar-refractivity contribution in [3.63, 3.8) is 0 Å². The van der Waals surface area contributed by atoms with Gasteiger partial charge in [0.15, 0.2) is 5.69 Å². The Hall–Kier alpha value is -2.10. The van der Waals surface area contributed by atoms with Crippen LogP contribution in [0.5, 0.6) is 0 Å². The van der Waals surface area contributed by atoms with E-state index in [0.29, 0.717) is 0 Å². The average molecular weight is 293 g/mol. The third-order valence-electron chi connectivity index (χ3n) is 2.04. The van der Waals surface area contributed by atoms with E-state index in [2.05, 4.69) is 20.6 Å².